The summed E-state index contributed by atoms with van der Waals surface area (Å²) in [5, 5.41) is 12.5. The van der Waals surface area contributed by atoms with E-state index in [4.69, 9.17) is 0 Å². The fourth-order valence-corrected chi connectivity index (χ4v) is 2.82. The highest BCUT2D eigenvalue weighted by atomic mass is 32.2. The molecule has 3 N–H and O–H groups in total. The van der Waals surface area contributed by atoms with E-state index in [-0.39, 0.29) is 29.6 Å². The molecule has 1 aromatic carbocycles. The average Bonchev–Trinajstić information content (AvgIpc) is 2.46. The summed E-state index contributed by atoms with van der Waals surface area (Å²) in [6.07, 6.45) is 1.98. The predicted molar refractivity (Wildman–Crippen MR) is 79.8 cm³/mol. The van der Waals surface area contributed by atoms with Crippen molar-refractivity contribution in [3.8, 4) is 5.75 Å². The first kappa shape index (κ1) is 13.7. The van der Waals surface area contributed by atoms with Crippen molar-refractivity contribution >= 4 is 23.5 Å². The van der Waals surface area contributed by atoms with Crippen molar-refractivity contribution in [1.29, 1.82) is 0 Å². The number of aromatic amines is 1. The second-order valence-electron chi connectivity index (χ2n) is 4.73. The van der Waals surface area contributed by atoms with Gasteiger partial charge in [0.2, 0.25) is 5.91 Å². The lowest BCUT2D eigenvalue weighted by atomic mass is 9.87. The van der Waals surface area contributed by atoms with E-state index in [9.17, 15) is 14.7 Å². The minimum Gasteiger partial charge on any atom is -0.508 e. The maximum atomic E-state index is 12.3. The second-order valence-corrected chi connectivity index (χ2v) is 5.53. The normalized spacial score (nSPS) is 17.2. The Morgan fingerprint density at radius 1 is 1.29 bits per heavy atom. The maximum absolute atomic E-state index is 12.3. The number of carbonyl (C=O) groups excluding carboxylic acids is 1. The third-order valence-electron chi connectivity index (χ3n) is 3.42. The lowest BCUT2D eigenvalue weighted by Gasteiger charge is -2.24. The number of thioether (sulfide) groups is 1. The number of aromatic nitrogens is 2. The van der Waals surface area contributed by atoms with E-state index in [0.717, 1.165) is 5.56 Å². The Morgan fingerprint density at radius 2 is 2.00 bits per heavy atom. The smallest absolute Gasteiger partial charge is 0.257 e. The van der Waals surface area contributed by atoms with Crippen LogP contribution in [0.1, 0.15) is 23.5 Å². The molecule has 7 heteroatoms. The molecule has 108 valence electrons. The van der Waals surface area contributed by atoms with Crippen LogP contribution in [-0.2, 0) is 4.79 Å². The number of hydrogen-bond donors (Lipinski definition) is 3. The van der Waals surface area contributed by atoms with Gasteiger partial charge >= 0.3 is 0 Å². The summed E-state index contributed by atoms with van der Waals surface area (Å²) >= 11 is 1.30. The molecule has 0 aliphatic carbocycles. The van der Waals surface area contributed by atoms with Gasteiger partial charge in [-0.2, -0.15) is 0 Å². The summed E-state index contributed by atoms with van der Waals surface area (Å²) in [6.45, 7) is 0. The molecule has 21 heavy (non-hydrogen) atoms. The zero-order valence-electron chi connectivity index (χ0n) is 11.2. The molecule has 0 radical (unpaired) electrons. The van der Waals surface area contributed by atoms with Crippen molar-refractivity contribution in [2.24, 2.45) is 0 Å². The van der Waals surface area contributed by atoms with Crippen molar-refractivity contribution in [1.82, 2.24) is 9.97 Å². The molecule has 0 unspecified atom stereocenters. The summed E-state index contributed by atoms with van der Waals surface area (Å²) in [4.78, 5) is 31.1. The fourth-order valence-electron chi connectivity index (χ4n) is 2.44. The number of carbonyl (C=O) groups is 1. The molecule has 2 heterocycles. The van der Waals surface area contributed by atoms with E-state index in [1.54, 1.807) is 30.5 Å². The number of aromatic hydroxyl groups is 1. The molecule has 1 amide bonds. The van der Waals surface area contributed by atoms with Crippen LogP contribution in [0.5, 0.6) is 5.75 Å². The minimum absolute atomic E-state index is 0.143. The molecule has 1 aliphatic rings. The standard InChI is InChI=1S/C14H13N3O3S/c1-21-14-16-12-11(13(20)17-14)9(6-10(19)15-12)7-2-4-8(18)5-3-7/h2-5,9,18H,6H2,1H3,(H2,15,16,17,19,20)/t9-/m1/s1. The summed E-state index contributed by atoms with van der Waals surface area (Å²) < 4.78 is 0. The number of nitrogens with zero attached hydrogens (tertiary/aromatic N) is 1. The molecular formula is C14H13N3O3S. The van der Waals surface area contributed by atoms with Crippen LogP contribution in [-0.4, -0.2) is 27.2 Å². The van der Waals surface area contributed by atoms with E-state index >= 15 is 0 Å². The second kappa shape index (κ2) is 5.25. The van der Waals surface area contributed by atoms with E-state index in [0.29, 0.717) is 16.5 Å². The largest absolute Gasteiger partial charge is 0.508 e. The van der Waals surface area contributed by atoms with Gasteiger partial charge in [-0.1, -0.05) is 23.9 Å². The molecule has 6 nitrogen and oxygen atoms in total. The number of nitrogens with one attached hydrogen (secondary N) is 2. The van der Waals surface area contributed by atoms with Crippen LogP contribution in [0, 0.1) is 0 Å². The van der Waals surface area contributed by atoms with Crippen LogP contribution >= 0.6 is 11.8 Å². The van der Waals surface area contributed by atoms with Crippen LogP contribution in [0.2, 0.25) is 0 Å². The molecule has 2 aromatic rings. The highest BCUT2D eigenvalue weighted by Crippen LogP contribution is 2.34. The monoisotopic (exact) mass is 303 g/mol. The van der Waals surface area contributed by atoms with E-state index in [1.807, 2.05) is 0 Å². The molecule has 1 aliphatic heterocycles. The first-order chi connectivity index (χ1) is 10.1. The topological polar surface area (TPSA) is 95.1 Å². The minimum atomic E-state index is -0.360. The van der Waals surface area contributed by atoms with Gasteiger partial charge in [-0.05, 0) is 24.0 Å². The van der Waals surface area contributed by atoms with Crippen molar-refractivity contribution in [2.75, 3.05) is 11.6 Å². The summed E-state index contributed by atoms with van der Waals surface area (Å²) in [5.41, 5.74) is 1.01. The number of phenolic OH excluding ortho intramolecular Hbond substituents is 1. The first-order valence-electron chi connectivity index (χ1n) is 6.35. The van der Waals surface area contributed by atoms with Gasteiger partial charge in [0.05, 0.1) is 5.56 Å². The van der Waals surface area contributed by atoms with Gasteiger partial charge in [0, 0.05) is 12.3 Å². The lowest BCUT2D eigenvalue weighted by molar-refractivity contribution is -0.116. The summed E-state index contributed by atoms with van der Waals surface area (Å²) in [6, 6.07) is 6.51. The Kier molecular flexibility index (Phi) is 3.42. The summed E-state index contributed by atoms with van der Waals surface area (Å²) in [5.74, 6) is -0.0753. The predicted octanol–water partition coefficient (Wildman–Crippen LogP) is 1.67. The molecule has 1 aromatic heterocycles. The molecule has 0 fully saturated rings. The van der Waals surface area contributed by atoms with Gasteiger partial charge in [0.25, 0.3) is 5.56 Å². The molecule has 0 saturated heterocycles. The number of H-pyrrole nitrogens is 1. The van der Waals surface area contributed by atoms with Gasteiger partial charge in [0.1, 0.15) is 11.6 Å². The van der Waals surface area contributed by atoms with Gasteiger partial charge in [0.15, 0.2) is 5.16 Å². The molecule has 0 saturated carbocycles. The van der Waals surface area contributed by atoms with Crippen LogP contribution in [0.4, 0.5) is 5.82 Å². The first-order valence-corrected chi connectivity index (χ1v) is 7.58. The molecule has 3 rings (SSSR count). The van der Waals surface area contributed by atoms with E-state index in [2.05, 4.69) is 15.3 Å². The Balaban J connectivity index is 2.15. The summed E-state index contributed by atoms with van der Waals surface area (Å²) in [7, 11) is 0. The molecule has 0 bridgehead atoms. The number of fused-ring (bicyclic) bond motifs is 1. The highest BCUT2D eigenvalue weighted by Gasteiger charge is 2.30. The molecular weight excluding hydrogens is 290 g/mol. The highest BCUT2D eigenvalue weighted by molar-refractivity contribution is 7.98. The number of benzene rings is 1. The maximum Gasteiger partial charge on any atom is 0.257 e. The van der Waals surface area contributed by atoms with Crippen LogP contribution in [0.3, 0.4) is 0 Å². The van der Waals surface area contributed by atoms with Crippen molar-refractivity contribution in [3.63, 3.8) is 0 Å². The number of amides is 1. The molecule has 1 atom stereocenters. The van der Waals surface area contributed by atoms with Crippen LogP contribution in [0.15, 0.2) is 34.2 Å². The van der Waals surface area contributed by atoms with E-state index < -0.39 is 0 Å². The van der Waals surface area contributed by atoms with Gasteiger partial charge < -0.3 is 15.4 Å². The third kappa shape index (κ3) is 2.52. The zero-order chi connectivity index (χ0) is 15.0. The molecule has 0 spiro atoms. The number of phenols is 1. The number of hydrogen-bond acceptors (Lipinski definition) is 5. The Bertz CT molecular complexity index is 755. The van der Waals surface area contributed by atoms with Crippen molar-refractivity contribution in [3.05, 3.63) is 45.7 Å². The van der Waals surface area contributed by atoms with Gasteiger partial charge in [-0.25, -0.2) is 4.98 Å². The fraction of sp³-hybridized carbons (Fsp3) is 0.214. The van der Waals surface area contributed by atoms with Gasteiger partial charge in [-0.15, -0.1) is 0 Å². The number of anilines is 1. The van der Waals surface area contributed by atoms with Gasteiger partial charge in [-0.3, -0.25) is 9.59 Å². The van der Waals surface area contributed by atoms with Crippen LogP contribution in [0.25, 0.3) is 0 Å². The number of rotatable bonds is 2. The lowest BCUT2D eigenvalue weighted by Crippen LogP contribution is -2.31. The Morgan fingerprint density at radius 3 is 2.67 bits per heavy atom. The van der Waals surface area contributed by atoms with E-state index in [1.165, 1.54) is 11.8 Å². The van der Waals surface area contributed by atoms with Crippen molar-refractivity contribution in [2.45, 2.75) is 17.5 Å². The third-order valence-corrected chi connectivity index (χ3v) is 4.00. The zero-order valence-corrected chi connectivity index (χ0v) is 12.0. The van der Waals surface area contributed by atoms with Crippen molar-refractivity contribution < 1.29 is 9.90 Å². The average molecular weight is 303 g/mol. The Hall–Kier alpha value is -2.28. The quantitative estimate of drug-likeness (QED) is 0.579. The SMILES string of the molecule is CSc1nc2c(c(=O)[nH]1)[C@@H](c1ccc(O)cc1)CC(=O)N2. The Labute approximate surface area is 124 Å². The van der Waals surface area contributed by atoms with Crippen LogP contribution < -0.4 is 10.9 Å².